The lowest BCUT2D eigenvalue weighted by atomic mass is 10.0. The topological polar surface area (TPSA) is 80.1 Å². The molecule has 0 fully saturated rings. The Morgan fingerprint density at radius 3 is 2.63 bits per heavy atom. The minimum absolute atomic E-state index is 0.172. The molecular weight excluding hydrogens is 364 g/mol. The molecule has 27 heavy (non-hydrogen) atoms. The number of rotatable bonds is 4. The first-order valence-corrected chi connectivity index (χ1v) is 9.56. The molecule has 0 aliphatic carbocycles. The Labute approximate surface area is 160 Å². The summed E-state index contributed by atoms with van der Waals surface area (Å²) in [5.41, 5.74) is 2.94. The summed E-state index contributed by atoms with van der Waals surface area (Å²) in [5, 5.41) is 8.67. The van der Waals surface area contributed by atoms with Crippen molar-refractivity contribution < 1.29 is 14.2 Å². The van der Waals surface area contributed by atoms with Crippen LogP contribution in [-0.2, 0) is 0 Å². The van der Waals surface area contributed by atoms with E-state index in [2.05, 4.69) is 15.4 Å². The lowest BCUT2D eigenvalue weighted by Crippen LogP contribution is -2.55. The summed E-state index contributed by atoms with van der Waals surface area (Å²) in [6, 6.07) is 13.4. The Morgan fingerprint density at radius 1 is 1.11 bits per heavy atom. The number of anilines is 1. The quantitative estimate of drug-likeness (QED) is 0.532. The van der Waals surface area contributed by atoms with Gasteiger partial charge in [0.15, 0.2) is 11.5 Å². The van der Waals surface area contributed by atoms with Gasteiger partial charge in [0.25, 0.3) is 6.17 Å². The molecule has 0 spiro atoms. The maximum atomic E-state index is 12.8. The van der Waals surface area contributed by atoms with E-state index in [0.29, 0.717) is 22.3 Å². The number of methoxy groups -OCH3 is 2. The lowest BCUT2D eigenvalue weighted by molar-refractivity contribution is -0.759. The standard InChI is InChI=1S/C19H18N4O3S/c1-25-14-9-8-11(10-15(14)26-2)17-20-13-7-5-4-6-12(13)16-18(24)21-19(27-3)22-23(16)17/h4-10,17H,1-3H3,(H,21,22,24)/p+1/t17-/m1/s1. The van der Waals surface area contributed by atoms with E-state index in [4.69, 9.17) is 9.47 Å². The third kappa shape index (κ3) is 2.91. The van der Waals surface area contributed by atoms with E-state index in [0.717, 1.165) is 16.8 Å². The lowest BCUT2D eigenvalue weighted by Gasteiger charge is -2.22. The molecule has 0 saturated heterocycles. The van der Waals surface area contributed by atoms with Crippen molar-refractivity contribution >= 4 is 17.4 Å². The first-order valence-electron chi connectivity index (χ1n) is 8.34. The predicted octanol–water partition coefficient (Wildman–Crippen LogP) is 2.44. The number of ether oxygens (including phenoxy) is 2. The second kappa shape index (κ2) is 6.96. The maximum Gasteiger partial charge on any atom is 0.325 e. The van der Waals surface area contributed by atoms with E-state index in [1.165, 1.54) is 11.8 Å². The zero-order valence-corrected chi connectivity index (χ0v) is 16.0. The summed E-state index contributed by atoms with van der Waals surface area (Å²) >= 11 is 1.39. The molecule has 0 unspecified atom stereocenters. The average Bonchev–Trinajstić information content (AvgIpc) is 2.72. The molecule has 8 heteroatoms. The van der Waals surface area contributed by atoms with Crippen molar-refractivity contribution in [2.24, 2.45) is 0 Å². The Balaban J connectivity index is 1.94. The molecule has 1 aliphatic heterocycles. The van der Waals surface area contributed by atoms with Crippen molar-refractivity contribution in [1.29, 1.82) is 0 Å². The van der Waals surface area contributed by atoms with Crippen LogP contribution < -0.4 is 25.0 Å². The normalized spacial score (nSPS) is 14.7. The SMILES string of the molecule is COc1ccc([C@@H]2Nc3ccccc3-c3c(=O)[nH]c(SC)n[n+]32)cc1OC. The van der Waals surface area contributed by atoms with Gasteiger partial charge in [0.1, 0.15) is 0 Å². The minimum Gasteiger partial charge on any atom is -0.493 e. The van der Waals surface area contributed by atoms with E-state index in [1.807, 2.05) is 48.7 Å². The van der Waals surface area contributed by atoms with Gasteiger partial charge in [0, 0.05) is 10.7 Å². The molecule has 1 aliphatic rings. The first-order chi connectivity index (χ1) is 13.2. The molecule has 138 valence electrons. The molecule has 1 atom stereocenters. The Kier molecular flexibility index (Phi) is 4.49. The third-order valence-corrected chi connectivity index (χ3v) is 5.07. The first kappa shape index (κ1) is 17.4. The van der Waals surface area contributed by atoms with Gasteiger partial charge in [-0.2, -0.15) is 0 Å². The number of aromatic amines is 1. The molecule has 0 saturated carbocycles. The summed E-state index contributed by atoms with van der Waals surface area (Å²) in [6.45, 7) is 0. The molecule has 0 bridgehead atoms. The summed E-state index contributed by atoms with van der Waals surface area (Å²) < 4.78 is 12.5. The third-order valence-electron chi connectivity index (χ3n) is 4.50. The van der Waals surface area contributed by atoms with Crippen LogP contribution in [0.5, 0.6) is 11.5 Å². The van der Waals surface area contributed by atoms with E-state index in [9.17, 15) is 4.79 Å². The highest BCUT2D eigenvalue weighted by Gasteiger charge is 2.37. The van der Waals surface area contributed by atoms with Crippen molar-refractivity contribution in [3.63, 3.8) is 0 Å². The highest BCUT2D eigenvalue weighted by molar-refractivity contribution is 7.98. The number of benzene rings is 2. The summed E-state index contributed by atoms with van der Waals surface area (Å²) in [4.78, 5) is 15.6. The van der Waals surface area contributed by atoms with Crippen molar-refractivity contribution in [3.05, 3.63) is 58.4 Å². The highest BCUT2D eigenvalue weighted by Crippen LogP contribution is 2.34. The molecule has 2 heterocycles. The highest BCUT2D eigenvalue weighted by atomic mass is 32.2. The van der Waals surface area contributed by atoms with Gasteiger partial charge in [0.05, 0.1) is 25.5 Å². The van der Waals surface area contributed by atoms with Gasteiger partial charge in [-0.15, -0.1) is 0 Å². The largest absolute Gasteiger partial charge is 0.493 e. The van der Waals surface area contributed by atoms with Crippen LogP contribution in [0.4, 0.5) is 5.69 Å². The Bertz CT molecular complexity index is 1070. The van der Waals surface area contributed by atoms with Crippen molar-refractivity contribution in [2.45, 2.75) is 11.3 Å². The van der Waals surface area contributed by atoms with Gasteiger partial charge in [-0.1, -0.05) is 23.9 Å². The number of hydrogen-bond donors (Lipinski definition) is 2. The van der Waals surface area contributed by atoms with Crippen molar-refractivity contribution in [2.75, 3.05) is 25.8 Å². The maximum absolute atomic E-state index is 12.8. The predicted molar refractivity (Wildman–Crippen MR) is 104 cm³/mol. The zero-order valence-electron chi connectivity index (χ0n) is 15.1. The van der Waals surface area contributed by atoms with Crippen molar-refractivity contribution in [3.8, 4) is 22.8 Å². The second-order valence-electron chi connectivity index (χ2n) is 5.96. The monoisotopic (exact) mass is 383 g/mol. The average molecular weight is 383 g/mol. The van der Waals surface area contributed by atoms with Crippen LogP contribution in [0.2, 0.25) is 0 Å². The second-order valence-corrected chi connectivity index (χ2v) is 6.76. The molecule has 0 amide bonds. The van der Waals surface area contributed by atoms with Gasteiger partial charge in [-0.05, 0) is 41.3 Å². The van der Waals surface area contributed by atoms with Gasteiger partial charge >= 0.3 is 11.3 Å². The van der Waals surface area contributed by atoms with E-state index in [-0.39, 0.29) is 11.7 Å². The van der Waals surface area contributed by atoms with Gasteiger partial charge < -0.3 is 14.8 Å². The number of nitrogens with one attached hydrogen (secondary N) is 2. The van der Waals surface area contributed by atoms with E-state index >= 15 is 0 Å². The number of hydrogen-bond acceptors (Lipinski definition) is 6. The van der Waals surface area contributed by atoms with Crippen LogP contribution in [0.1, 0.15) is 11.7 Å². The summed E-state index contributed by atoms with van der Waals surface area (Å²) in [7, 11) is 3.20. The number of nitrogens with zero attached hydrogens (tertiary/aromatic N) is 2. The van der Waals surface area contributed by atoms with Gasteiger partial charge in [0.2, 0.25) is 5.16 Å². The summed E-state index contributed by atoms with van der Waals surface area (Å²) in [6.07, 6.45) is 1.52. The van der Waals surface area contributed by atoms with Crippen LogP contribution in [-0.4, -0.2) is 30.6 Å². The van der Waals surface area contributed by atoms with Crippen molar-refractivity contribution in [1.82, 2.24) is 10.1 Å². The molecule has 2 aromatic carbocycles. The number of para-hydroxylation sites is 1. The molecular formula is C19H19N4O3S+. The van der Waals surface area contributed by atoms with E-state index < -0.39 is 0 Å². The number of fused-ring (bicyclic) bond motifs is 3. The number of aromatic nitrogens is 3. The van der Waals surface area contributed by atoms with Gasteiger partial charge in [-0.25, -0.2) is 0 Å². The smallest absolute Gasteiger partial charge is 0.325 e. The zero-order chi connectivity index (χ0) is 19.0. The van der Waals surface area contributed by atoms with Crippen LogP contribution >= 0.6 is 11.8 Å². The molecule has 4 rings (SSSR count). The molecule has 7 nitrogen and oxygen atoms in total. The number of H-pyrrole nitrogens is 1. The molecule has 1 aromatic heterocycles. The van der Waals surface area contributed by atoms with Gasteiger partial charge in [-0.3, -0.25) is 9.78 Å². The molecule has 2 N–H and O–H groups in total. The van der Waals surface area contributed by atoms with Crippen LogP contribution in [0.25, 0.3) is 11.3 Å². The molecule has 3 aromatic rings. The Hall–Kier alpha value is -3.00. The fourth-order valence-electron chi connectivity index (χ4n) is 3.23. The fraction of sp³-hybridized carbons (Fsp3) is 0.211. The molecule has 0 radical (unpaired) electrons. The van der Waals surface area contributed by atoms with Crippen LogP contribution in [0, 0.1) is 0 Å². The van der Waals surface area contributed by atoms with Crippen LogP contribution in [0.15, 0.2) is 52.4 Å². The van der Waals surface area contributed by atoms with E-state index in [1.54, 1.807) is 18.9 Å². The van der Waals surface area contributed by atoms with Crippen LogP contribution in [0.3, 0.4) is 0 Å². The fourth-order valence-corrected chi connectivity index (χ4v) is 3.59. The number of thioether (sulfide) groups is 1. The Morgan fingerprint density at radius 2 is 1.89 bits per heavy atom. The minimum atomic E-state index is -0.358. The summed E-state index contributed by atoms with van der Waals surface area (Å²) in [5.74, 6) is 1.26.